The number of rotatable bonds is 5. The zero-order chi connectivity index (χ0) is 12.3. The third-order valence-electron chi connectivity index (χ3n) is 2.16. The van der Waals surface area contributed by atoms with E-state index in [4.69, 9.17) is 5.73 Å². The molecule has 0 radical (unpaired) electrons. The van der Waals surface area contributed by atoms with Crippen molar-refractivity contribution < 1.29 is 8.42 Å². The van der Waals surface area contributed by atoms with Crippen molar-refractivity contribution in [2.24, 2.45) is 5.73 Å². The molecule has 2 rings (SSSR count). The lowest BCUT2D eigenvalue weighted by Crippen LogP contribution is -2.22. The van der Waals surface area contributed by atoms with Crippen LogP contribution in [0.25, 0.3) is 0 Å². The zero-order valence-electron chi connectivity index (χ0n) is 8.92. The highest BCUT2D eigenvalue weighted by Crippen LogP contribution is 2.19. The molecule has 0 aliphatic rings. The van der Waals surface area contributed by atoms with Gasteiger partial charge in [-0.05, 0) is 17.5 Å². The fourth-order valence-corrected chi connectivity index (χ4v) is 4.17. The van der Waals surface area contributed by atoms with E-state index in [1.807, 2.05) is 17.5 Å². The average molecular weight is 288 g/mol. The molecule has 17 heavy (non-hydrogen) atoms. The Hall–Kier alpha value is -0.730. The van der Waals surface area contributed by atoms with Crippen LogP contribution in [0.5, 0.6) is 0 Å². The van der Waals surface area contributed by atoms with E-state index in [0.717, 1.165) is 9.75 Å². The lowest BCUT2D eigenvalue weighted by atomic mass is 10.5. The summed E-state index contributed by atoms with van der Waals surface area (Å²) in [6, 6.07) is 5.40. The number of hydrogen-bond acceptors (Lipinski definition) is 5. The van der Waals surface area contributed by atoms with Crippen molar-refractivity contribution >= 4 is 32.7 Å². The topological polar surface area (TPSA) is 72.2 Å². The van der Waals surface area contributed by atoms with Crippen molar-refractivity contribution in [2.75, 3.05) is 0 Å². The van der Waals surface area contributed by atoms with E-state index >= 15 is 0 Å². The van der Waals surface area contributed by atoms with Crippen molar-refractivity contribution in [3.63, 3.8) is 0 Å². The van der Waals surface area contributed by atoms with Crippen LogP contribution in [-0.2, 0) is 23.1 Å². The Morgan fingerprint density at radius 2 is 2.12 bits per heavy atom. The molecule has 2 heterocycles. The first-order valence-electron chi connectivity index (χ1n) is 4.91. The molecule has 0 unspecified atom stereocenters. The predicted octanol–water partition coefficient (Wildman–Crippen LogP) is 1.75. The normalized spacial score (nSPS) is 11.8. The Kier molecular flexibility index (Phi) is 3.95. The maximum Gasteiger partial charge on any atom is 0.241 e. The van der Waals surface area contributed by atoms with Gasteiger partial charge in [0.15, 0.2) is 0 Å². The molecule has 7 heteroatoms. The molecular weight excluding hydrogens is 276 g/mol. The summed E-state index contributed by atoms with van der Waals surface area (Å²) >= 11 is 2.88. The molecule has 0 spiro atoms. The Morgan fingerprint density at radius 3 is 2.71 bits per heavy atom. The van der Waals surface area contributed by atoms with Crippen LogP contribution < -0.4 is 10.5 Å². The first kappa shape index (κ1) is 12.7. The number of nitrogens with two attached hydrogens (primary N) is 1. The molecular formula is C10H12N2O2S3. The van der Waals surface area contributed by atoms with Crippen molar-refractivity contribution in [1.82, 2.24) is 4.72 Å². The second-order valence-corrected chi connectivity index (χ2v) is 7.15. The molecule has 0 aliphatic heterocycles. The standard InChI is InChI=1S/C10H12N2O2S3/c11-5-9-4-10(7-16-9)17(13,14)12-6-8-2-1-3-15-8/h1-4,7,12H,5-6,11H2. The predicted molar refractivity (Wildman–Crippen MR) is 70.6 cm³/mol. The van der Waals surface area contributed by atoms with Gasteiger partial charge in [0, 0.05) is 28.2 Å². The minimum atomic E-state index is -3.41. The van der Waals surface area contributed by atoms with Crippen LogP contribution in [0.1, 0.15) is 9.75 Å². The molecule has 0 fully saturated rings. The Labute approximate surface area is 108 Å². The summed E-state index contributed by atoms with van der Waals surface area (Å²) in [5.74, 6) is 0. The minimum absolute atomic E-state index is 0.291. The van der Waals surface area contributed by atoms with E-state index in [0.29, 0.717) is 18.0 Å². The summed E-state index contributed by atoms with van der Waals surface area (Å²) in [6.07, 6.45) is 0. The largest absolute Gasteiger partial charge is 0.326 e. The first-order valence-corrected chi connectivity index (χ1v) is 8.15. The van der Waals surface area contributed by atoms with E-state index in [9.17, 15) is 8.42 Å². The van der Waals surface area contributed by atoms with Gasteiger partial charge >= 0.3 is 0 Å². The highest BCUT2D eigenvalue weighted by molar-refractivity contribution is 7.89. The molecule has 92 valence electrons. The van der Waals surface area contributed by atoms with Crippen LogP contribution in [0, 0.1) is 0 Å². The van der Waals surface area contributed by atoms with Gasteiger partial charge in [-0.15, -0.1) is 22.7 Å². The lowest BCUT2D eigenvalue weighted by Gasteiger charge is -2.02. The summed E-state index contributed by atoms with van der Waals surface area (Å²) in [6.45, 7) is 0.693. The van der Waals surface area contributed by atoms with E-state index in [1.165, 1.54) is 22.7 Å². The Bertz CT molecular complexity index is 572. The van der Waals surface area contributed by atoms with Crippen LogP contribution in [0.3, 0.4) is 0 Å². The van der Waals surface area contributed by atoms with E-state index in [2.05, 4.69) is 4.72 Å². The van der Waals surface area contributed by atoms with E-state index < -0.39 is 10.0 Å². The summed E-state index contributed by atoms with van der Waals surface area (Å²) in [4.78, 5) is 2.14. The quantitative estimate of drug-likeness (QED) is 0.880. The molecule has 4 nitrogen and oxygen atoms in total. The molecule has 2 aromatic rings. The van der Waals surface area contributed by atoms with Crippen molar-refractivity contribution in [1.29, 1.82) is 0 Å². The lowest BCUT2D eigenvalue weighted by molar-refractivity contribution is 0.582. The molecule has 0 saturated carbocycles. The smallest absolute Gasteiger partial charge is 0.241 e. The maximum atomic E-state index is 11.9. The summed E-state index contributed by atoms with van der Waals surface area (Å²) < 4.78 is 26.4. The van der Waals surface area contributed by atoms with Gasteiger partial charge < -0.3 is 5.73 Å². The second kappa shape index (κ2) is 5.28. The number of sulfonamides is 1. The first-order chi connectivity index (χ1) is 8.12. The SMILES string of the molecule is NCc1cc(S(=O)(=O)NCc2cccs2)cs1. The summed E-state index contributed by atoms with van der Waals surface area (Å²) in [7, 11) is -3.41. The molecule has 0 amide bonds. The molecule has 0 aromatic carbocycles. The monoisotopic (exact) mass is 288 g/mol. The average Bonchev–Trinajstić information content (AvgIpc) is 2.98. The van der Waals surface area contributed by atoms with Crippen LogP contribution in [0.2, 0.25) is 0 Å². The van der Waals surface area contributed by atoms with Gasteiger partial charge in [0.2, 0.25) is 10.0 Å². The minimum Gasteiger partial charge on any atom is -0.326 e. The molecule has 0 saturated heterocycles. The van der Waals surface area contributed by atoms with Gasteiger partial charge in [-0.25, -0.2) is 13.1 Å². The van der Waals surface area contributed by atoms with Gasteiger partial charge in [-0.1, -0.05) is 6.07 Å². The van der Waals surface area contributed by atoms with Gasteiger partial charge in [-0.2, -0.15) is 0 Å². The van der Waals surface area contributed by atoms with E-state index in [1.54, 1.807) is 11.4 Å². The number of nitrogens with one attached hydrogen (secondary N) is 1. The van der Waals surface area contributed by atoms with Crippen LogP contribution in [0.15, 0.2) is 33.9 Å². The molecule has 0 atom stereocenters. The van der Waals surface area contributed by atoms with Crippen molar-refractivity contribution in [3.05, 3.63) is 38.7 Å². The van der Waals surface area contributed by atoms with E-state index in [-0.39, 0.29) is 0 Å². The van der Waals surface area contributed by atoms with Gasteiger partial charge in [0.25, 0.3) is 0 Å². The fraction of sp³-hybridized carbons (Fsp3) is 0.200. The Balaban J connectivity index is 2.08. The fourth-order valence-electron chi connectivity index (χ4n) is 1.27. The van der Waals surface area contributed by atoms with Crippen LogP contribution >= 0.6 is 22.7 Å². The van der Waals surface area contributed by atoms with Gasteiger partial charge in [-0.3, -0.25) is 0 Å². The highest BCUT2D eigenvalue weighted by Gasteiger charge is 2.15. The third kappa shape index (κ3) is 3.14. The van der Waals surface area contributed by atoms with Crippen molar-refractivity contribution in [2.45, 2.75) is 18.0 Å². The molecule has 2 aromatic heterocycles. The van der Waals surface area contributed by atoms with Gasteiger partial charge in [0.1, 0.15) is 0 Å². The second-order valence-electron chi connectivity index (χ2n) is 3.36. The highest BCUT2D eigenvalue weighted by atomic mass is 32.2. The zero-order valence-corrected chi connectivity index (χ0v) is 11.4. The van der Waals surface area contributed by atoms with Crippen LogP contribution in [0.4, 0.5) is 0 Å². The molecule has 0 bridgehead atoms. The van der Waals surface area contributed by atoms with Crippen molar-refractivity contribution in [3.8, 4) is 0 Å². The number of hydrogen-bond donors (Lipinski definition) is 2. The summed E-state index contributed by atoms with van der Waals surface area (Å²) in [5.41, 5.74) is 5.45. The van der Waals surface area contributed by atoms with Crippen LogP contribution in [-0.4, -0.2) is 8.42 Å². The number of thiophene rings is 2. The van der Waals surface area contributed by atoms with Gasteiger partial charge in [0.05, 0.1) is 4.90 Å². The maximum absolute atomic E-state index is 11.9. The third-order valence-corrected chi connectivity index (χ3v) is 5.52. The molecule has 3 N–H and O–H groups in total. The summed E-state index contributed by atoms with van der Waals surface area (Å²) in [5, 5.41) is 3.53. The molecule has 0 aliphatic carbocycles. The Morgan fingerprint density at radius 1 is 1.29 bits per heavy atom.